The molecule has 3 aliphatic rings. The van der Waals surface area contributed by atoms with Gasteiger partial charge < -0.3 is 0 Å². The second kappa shape index (κ2) is 16.3. The maximum atomic E-state index is 9.20. The Morgan fingerprint density at radius 3 is 1.35 bits per heavy atom. The van der Waals surface area contributed by atoms with Crippen molar-refractivity contribution in [1.29, 1.82) is 0 Å². The van der Waals surface area contributed by atoms with E-state index < -0.39 is 21.3 Å². The van der Waals surface area contributed by atoms with E-state index in [9.17, 15) is 17.2 Å². The zero-order valence-corrected chi connectivity index (χ0v) is 48.9. The fraction of sp³-hybridized carbons (Fsp3) is 0.433. The minimum absolute atomic E-state index is 0.0400. The first-order valence-corrected chi connectivity index (χ1v) is 46.5. The van der Waals surface area contributed by atoms with Crippen LogP contribution in [0.2, 0.25) is 13.1 Å². The molecule has 3 aliphatic carbocycles. The molecule has 0 amide bonds. The first kappa shape index (κ1) is 48.5. The second-order valence-electron chi connectivity index (χ2n) is 24.5. The molecule has 0 fully saturated rings. The predicted octanol–water partition coefficient (Wildman–Crippen LogP) is 18.0. The molecule has 0 bridgehead atoms. The molecule has 0 saturated carbocycles. The van der Waals surface area contributed by atoms with Gasteiger partial charge in [0, 0.05) is 0 Å². The van der Waals surface area contributed by atoms with Crippen LogP contribution in [0.5, 0.6) is 5.75 Å². The van der Waals surface area contributed by atoms with Crippen LogP contribution in [0.1, 0.15) is 166 Å². The number of fused-ring (bicyclic) bond motifs is 3. The Balaban J connectivity index is 1.45. The number of ether oxygens (including phenoxy) is 1. The molecule has 5 aromatic rings. The van der Waals surface area contributed by atoms with E-state index in [1.165, 1.54) is 94.6 Å². The van der Waals surface area contributed by atoms with Gasteiger partial charge in [0.1, 0.15) is 0 Å². The van der Waals surface area contributed by atoms with Crippen molar-refractivity contribution in [1.82, 2.24) is 0 Å². The third-order valence-electron chi connectivity index (χ3n) is 15.6. The van der Waals surface area contributed by atoms with Crippen LogP contribution < -0.4 is 4.74 Å². The topological polar surface area (TPSA) is 9.23 Å². The quantitative estimate of drug-likeness (QED) is 0.148. The van der Waals surface area contributed by atoms with E-state index >= 15 is 0 Å². The third kappa shape index (κ3) is 8.01. The van der Waals surface area contributed by atoms with Crippen molar-refractivity contribution in [3.05, 3.63) is 146 Å². The Kier molecular flexibility index (Phi) is 12.2. The zero-order chi connectivity index (χ0) is 47.6. The van der Waals surface area contributed by atoms with Gasteiger partial charge in [-0.3, -0.25) is 0 Å². The molecule has 0 radical (unpaired) electrons. The van der Waals surface area contributed by atoms with Gasteiger partial charge in [-0.1, -0.05) is 0 Å². The summed E-state index contributed by atoms with van der Waals surface area (Å²) in [6.45, 7) is 37.3. The predicted molar refractivity (Wildman–Crippen MR) is 286 cm³/mol. The molecule has 0 spiro atoms. The van der Waals surface area contributed by atoms with E-state index in [1.54, 1.807) is 0 Å². The summed E-state index contributed by atoms with van der Waals surface area (Å²) in [7, 11) is 20.2. The SMILES string of the molecule is COc1c(C(C)(C)C)cc2c(c1-c1ccc(C(C)(C)C)cc1)C=C(C)[CH]2[Hf]([Cl])([Cl])([CH]1C(C)=Cc2c(-c3ccc(C(C)(C)C)cc3)c3c(c(-c4ccc(C(C)(C)C)cc4)c21)CCC3)[SiH](C)C. The fourth-order valence-corrected chi connectivity index (χ4v) is 58.2. The second-order valence-corrected chi connectivity index (χ2v) is 83.8. The summed E-state index contributed by atoms with van der Waals surface area (Å²) in [6, 6.07) is 30.8. The Morgan fingerprint density at radius 1 is 0.538 bits per heavy atom. The van der Waals surface area contributed by atoms with Crippen molar-refractivity contribution in [2.45, 2.75) is 158 Å². The number of methoxy groups -OCH3 is 1. The van der Waals surface area contributed by atoms with Crippen molar-refractivity contribution in [2.24, 2.45) is 0 Å². The minimum atomic E-state index is -5.42. The van der Waals surface area contributed by atoms with Gasteiger partial charge in [-0.05, 0) is 0 Å². The van der Waals surface area contributed by atoms with Crippen molar-refractivity contribution >= 4 is 35.3 Å². The summed E-state index contributed by atoms with van der Waals surface area (Å²) < 4.78 is 6.43. The van der Waals surface area contributed by atoms with Crippen LogP contribution in [0.25, 0.3) is 45.5 Å². The van der Waals surface area contributed by atoms with Gasteiger partial charge in [-0.2, -0.15) is 0 Å². The van der Waals surface area contributed by atoms with Crippen LogP contribution in [-0.2, 0) is 49.8 Å². The Labute approximate surface area is 402 Å². The van der Waals surface area contributed by atoms with Gasteiger partial charge >= 0.3 is 406 Å². The number of benzene rings is 5. The standard InChI is InChI=1S/C33H37.C25H31O.C2H7Si.2ClH.Hf/c1-21-19-28-29(20-21)31(23-13-17-25(18-14-23)33(5,6)7)27-10-8-9-26(27)30(28)22-11-15-24(16-12-22)32(2,3)4;1-16-13-18-15-21(25(5,6)7)23(26-8)22(20(18)14-16)17-9-11-19(12-10-17)24(2,3)4;1-3-2;;;/h11-20H,8-10H2,1-7H3;9-15H,1-8H3;3H,1-2H3;2*1H;/q;;;;;+2/p-2. The number of halogens is 2. The zero-order valence-electron chi connectivity index (χ0n) is 42.7. The molecule has 0 N–H and O–H groups in total. The van der Waals surface area contributed by atoms with Crippen LogP contribution in [-0.4, -0.2) is 13.1 Å². The van der Waals surface area contributed by atoms with Gasteiger partial charge in [0.05, 0.1) is 0 Å². The summed E-state index contributed by atoms with van der Waals surface area (Å²) >= 11 is -5.42. The van der Waals surface area contributed by atoms with Gasteiger partial charge in [-0.25, -0.2) is 0 Å². The van der Waals surface area contributed by atoms with Crippen LogP contribution in [0.4, 0.5) is 0 Å². The number of rotatable bonds is 7. The molecule has 0 saturated heterocycles. The van der Waals surface area contributed by atoms with Crippen LogP contribution in [0.15, 0.2) is 90.0 Å². The van der Waals surface area contributed by atoms with E-state index in [0.29, 0.717) is 0 Å². The molecule has 0 aromatic heterocycles. The van der Waals surface area contributed by atoms with Crippen LogP contribution >= 0.6 is 17.2 Å². The normalized spacial score (nSPS) is 18.2. The van der Waals surface area contributed by atoms with Gasteiger partial charge in [0.2, 0.25) is 0 Å². The van der Waals surface area contributed by atoms with Gasteiger partial charge in [-0.15, -0.1) is 0 Å². The van der Waals surface area contributed by atoms with E-state index in [4.69, 9.17) is 4.74 Å². The molecule has 65 heavy (non-hydrogen) atoms. The molecule has 0 heterocycles. The van der Waals surface area contributed by atoms with E-state index in [1.807, 2.05) is 7.11 Å². The Bertz CT molecular complexity index is 2760. The molecule has 8 rings (SSSR count). The molecular formula is C60H75Cl2HfOSi. The first-order chi connectivity index (χ1) is 30.1. The summed E-state index contributed by atoms with van der Waals surface area (Å²) in [6.07, 6.45) is 8.28. The molecule has 343 valence electrons. The van der Waals surface area contributed by atoms with E-state index in [0.717, 1.165) is 30.6 Å². The molecule has 0 aliphatic heterocycles. The third-order valence-corrected chi connectivity index (χ3v) is 89.0. The van der Waals surface area contributed by atoms with E-state index in [2.05, 4.69) is 201 Å². The molecule has 5 aromatic carbocycles. The van der Waals surface area contributed by atoms with Crippen LogP contribution in [0.3, 0.4) is 0 Å². The monoisotopic (exact) mass is 1090 g/mol. The van der Waals surface area contributed by atoms with Crippen molar-refractivity contribution < 1.29 is 20.0 Å². The molecule has 5 heteroatoms. The summed E-state index contributed by atoms with van der Waals surface area (Å²) in [5, 5.41) is 0. The van der Waals surface area contributed by atoms with Crippen LogP contribution in [0, 0.1) is 0 Å². The van der Waals surface area contributed by atoms with Crippen molar-refractivity contribution in [2.75, 3.05) is 7.11 Å². The first-order valence-electron chi connectivity index (χ1n) is 24.3. The molecule has 1 nitrogen and oxygen atoms in total. The summed E-state index contributed by atoms with van der Waals surface area (Å²) in [4.78, 5) is 0. The van der Waals surface area contributed by atoms with E-state index in [-0.39, 0.29) is 29.0 Å². The number of hydrogen-bond acceptors (Lipinski definition) is 1. The van der Waals surface area contributed by atoms with Crippen molar-refractivity contribution in [3.63, 3.8) is 0 Å². The molecule has 2 unspecified atom stereocenters. The van der Waals surface area contributed by atoms with Gasteiger partial charge in [0.15, 0.2) is 0 Å². The Hall–Kier alpha value is -2.95. The average Bonchev–Trinajstić information content (AvgIpc) is 3.93. The summed E-state index contributed by atoms with van der Waals surface area (Å²) in [5.74, 6) is -0.903. The molecular weight excluding hydrogens is 1010 g/mol. The summed E-state index contributed by atoms with van der Waals surface area (Å²) in [5.41, 5.74) is 23.9. The fourth-order valence-electron chi connectivity index (χ4n) is 11.9. The molecule has 2 atom stereocenters. The average molecular weight is 1090 g/mol. The maximum absolute atomic E-state index is 9.20. The number of allylic oxidation sites excluding steroid dienone is 2. The van der Waals surface area contributed by atoms with Crippen molar-refractivity contribution in [3.8, 4) is 39.1 Å². The van der Waals surface area contributed by atoms with Gasteiger partial charge in [0.25, 0.3) is 0 Å². The number of hydrogen-bond donors (Lipinski definition) is 0. The Morgan fingerprint density at radius 2 is 0.938 bits per heavy atom.